The van der Waals surface area contributed by atoms with Crippen molar-refractivity contribution in [1.82, 2.24) is 25.6 Å². The molecule has 0 bridgehead atoms. The van der Waals surface area contributed by atoms with Crippen LogP contribution < -0.4 is 11.2 Å². The van der Waals surface area contributed by atoms with E-state index >= 15 is 0 Å². The molecule has 1 amide bonds. The normalized spacial score (nSPS) is 10.8. The summed E-state index contributed by atoms with van der Waals surface area (Å²) in [6, 6.07) is 7.01. The van der Waals surface area contributed by atoms with Crippen LogP contribution in [0.15, 0.2) is 29.4 Å². The van der Waals surface area contributed by atoms with Gasteiger partial charge in [0.05, 0.1) is 6.21 Å². The summed E-state index contributed by atoms with van der Waals surface area (Å²) in [5.74, 6) is -0.375. The molecule has 0 atom stereocenters. The average Bonchev–Trinajstić information content (AvgIpc) is 2.77. The van der Waals surface area contributed by atoms with Gasteiger partial charge >= 0.3 is 0 Å². The van der Waals surface area contributed by atoms with E-state index in [0.29, 0.717) is 5.02 Å². The Morgan fingerprint density at radius 3 is 2.84 bits per heavy atom. The highest BCUT2D eigenvalue weighted by Gasteiger charge is 2.04. The third kappa shape index (κ3) is 4.03. The van der Waals surface area contributed by atoms with Gasteiger partial charge in [0, 0.05) is 5.02 Å². The van der Waals surface area contributed by atoms with Gasteiger partial charge in [-0.05, 0) is 22.9 Å². The number of anilines is 1. The lowest BCUT2D eigenvalue weighted by Crippen LogP contribution is -2.24. The average molecular weight is 280 g/mol. The Hall–Kier alpha value is -2.48. The standard InChI is InChI=1S/C10H10ClN7O/c11-8-3-1-7(2-4-8)5-13-14-9(19)6-18-16-10(12)15-17-18/h1-5H,6H2,(H2,12,16)(H,14,19)/b13-5-. The second kappa shape index (κ2) is 5.91. The third-order valence-corrected chi connectivity index (χ3v) is 2.28. The molecule has 0 spiro atoms. The first kappa shape index (κ1) is 13.0. The van der Waals surface area contributed by atoms with E-state index in [9.17, 15) is 4.79 Å². The van der Waals surface area contributed by atoms with Crippen LogP contribution >= 0.6 is 11.6 Å². The van der Waals surface area contributed by atoms with Gasteiger partial charge in [0.25, 0.3) is 11.9 Å². The van der Waals surface area contributed by atoms with Gasteiger partial charge in [-0.25, -0.2) is 5.43 Å². The summed E-state index contributed by atoms with van der Waals surface area (Å²) in [6.45, 7) is -0.109. The number of amides is 1. The van der Waals surface area contributed by atoms with E-state index in [0.717, 1.165) is 10.4 Å². The maximum Gasteiger partial charge on any atom is 0.263 e. The highest BCUT2D eigenvalue weighted by atomic mass is 35.5. The summed E-state index contributed by atoms with van der Waals surface area (Å²) >= 11 is 5.74. The SMILES string of the molecule is Nc1nnn(CC(=O)N/N=C\c2ccc(Cl)cc2)n1. The summed E-state index contributed by atoms with van der Waals surface area (Å²) in [5.41, 5.74) is 8.41. The summed E-state index contributed by atoms with van der Waals surface area (Å²) in [4.78, 5) is 12.5. The molecular weight excluding hydrogens is 270 g/mol. The van der Waals surface area contributed by atoms with Crippen LogP contribution in [0.1, 0.15) is 5.56 Å². The maximum absolute atomic E-state index is 11.5. The first-order valence-electron chi connectivity index (χ1n) is 5.24. The molecule has 0 saturated heterocycles. The molecule has 0 unspecified atom stereocenters. The Kier molecular flexibility index (Phi) is 4.04. The van der Waals surface area contributed by atoms with Crippen molar-refractivity contribution < 1.29 is 4.79 Å². The van der Waals surface area contributed by atoms with Crippen LogP contribution in [-0.2, 0) is 11.3 Å². The Bertz CT molecular complexity index is 592. The smallest absolute Gasteiger partial charge is 0.263 e. The van der Waals surface area contributed by atoms with Crippen LogP contribution in [0.2, 0.25) is 5.02 Å². The zero-order valence-electron chi connectivity index (χ0n) is 9.69. The van der Waals surface area contributed by atoms with Crippen LogP contribution in [0.5, 0.6) is 0 Å². The number of nitrogens with zero attached hydrogens (tertiary/aromatic N) is 5. The summed E-state index contributed by atoms with van der Waals surface area (Å²) < 4.78 is 0. The van der Waals surface area contributed by atoms with Crippen molar-refractivity contribution in [3.8, 4) is 0 Å². The largest absolute Gasteiger partial charge is 0.365 e. The topological polar surface area (TPSA) is 111 Å². The quantitative estimate of drug-likeness (QED) is 0.607. The summed E-state index contributed by atoms with van der Waals surface area (Å²) in [7, 11) is 0. The molecule has 2 aromatic rings. The number of hydrazone groups is 1. The van der Waals surface area contributed by atoms with Crippen molar-refractivity contribution in [2.75, 3.05) is 5.73 Å². The van der Waals surface area contributed by atoms with Gasteiger partial charge in [0.15, 0.2) is 0 Å². The minimum Gasteiger partial charge on any atom is -0.365 e. The van der Waals surface area contributed by atoms with Crippen LogP contribution in [0, 0.1) is 0 Å². The van der Waals surface area contributed by atoms with Gasteiger partial charge in [-0.15, -0.1) is 5.10 Å². The highest BCUT2D eigenvalue weighted by molar-refractivity contribution is 6.30. The number of hydrogen-bond acceptors (Lipinski definition) is 6. The van der Waals surface area contributed by atoms with Crippen LogP contribution in [-0.4, -0.2) is 32.3 Å². The molecule has 0 radical (unpaired) electrons. The van der Waals surface area contributed by atoms with E-state index in [1.54, 1.807) is 24.3 Å². The van der Waals surface area contributed by atoms with Crippen molar-refractivity contribution in [1.29, 1.82) is 0 Å². The minimum absolute atomic E-state index is 0.0115. The number of rotatable bonds is 4. The Morgan fingerprint density at radius 1 is 1.47 bits per heavy atom. The van der Waals surface area contributed by atoms with Gasteiger partial charge in [-0.2, -0.15) is 9.90 Å². The minimum atomic E-state index is -0.386. The third-order valence-electron chi connectivity index (χ3n) is 2.03. The molecule has 19 heavy (non-hydrogen) atoms. The number of nitrogen functional groups attached to an aromatic ring is 1. The summed E-state index contributed by atoms with van der Waals surface area (Å²) in [6.07, 6.45) is 1.50. The number of carbonyl (C=O) groups excluding carboxylic acids is 1. The Morgan fingerprint density at radius 2 is 2.21 bits per heavy atom. The van der Waals surface area contributed by atoms with Gasteiger partial charge in [-0.3, -0.25) is 4.79 Å². The second-order valence-corrected chi connectivity index (χ2v) is 3.96. The number of nitrogens with one attached hydrogen (secondary N) is 1. The van der Waals surface area contributed by atoms with Crippen LogP contribution in [0.3, 0.4) is 0 Å². The highest BCUT2D eigenvalue weighted by Crippen LogP contribution is 2.07. The van der Waals surface area contributed by atoms with Crippen LogP contribution in [0.25, 0.3) is 0 Å². The molecule has 98 valence electrons. The molecule has 8 nitrogen and oxygen atoms in total. The van der Waals surface area contributed by atoms with Crippen molar-refractivity contribution in [3.63, 3.8) is 0 Å². The molecule has 0 aliphatic carbocycles. The lowest BCUT2D eigenvalue weighted by atomic mass is 10.2. The monoisotopic (exact) mass is 279 g/mol. The van der Waals surface area contributed by atoms with E-state index < -0.39 is 0 Å². The van der Waals surface area contributed by atoms with Gasteiger partial charge in [-0.1, -0.05) is 28.8 Å². The fraction of sp³-hybridized carbons (Fsp3) is 0.100. The first-order valence-corrected chi connectivity index (χ1v) is 5.62. The fourth-order valence-electron chi connectivity index (χ4n) is 1.21. The molecular formula is C10H10ClN7O. The van der Waals surface area contributed by atoms with E-state index in [1.165, 1.54) is 6.21 Å². The molecule has 0 fully saturated rings. The molecule has 9 heteroatoms. The molecule has 0 aliphatic rings. The number of aromatic nitrogens is 4. The van der Waals surface area contributed by atoms with Crippen LogP contribution in [0.4, 0.5) is 5.95 Å². The van der Waals surface area contributed by atoms with E-state index in [2.05, 4.69) is 25.9 Å². The zero-order chi connectivity index (χ0) is 13.7. The van der Waals surface area contributed by atoms with Gasteiger partial charge in [0.2, 0.25) is 0 Å². The fourth-order valence-corrected chi connectivity index (χ4v) is 1.34. The molecule has 0 saturated carbocycles. The summed E-state index contributed by atoms with van der Waals surface area (Å²) in [5, 5.41) is 15.1. The maximum atomic E-state index is 11.5. The van der Waals surface area contributed by atoms with Crippen molar-refractivity contribution in [3.05, 3.63) is 34.9 Å². The number of carbonyl (C=O) groups is 1. The molecule has 1 heterocycles. The molecule has 0 aliphatic heterocycles. The number of halogens is 1. The molecule has 3 N–H and O–H groups in total. The van der Waals surface area contributed by atoms with Gasteiger partial charge in [0.1, 0.15) is 6.54 Å². The molecule has 1 aromatic heterocycles. The predicted octanol–water partition coefficient (Wildman–Crippen LogP) is 0.0590. The first-order chi connectivity index (χ1) is 9.13. The molecule has 2 rings (SSSR count). The second-order valence-electron chi connectivity index (χ2n) is 3.52. The number of benzene rings is 1. The van der Waals surface area contributed by atoms with Crippen molar-refractivity contribution in [2.24, 2.45) is 5.10 Å². The Balaban J connectivity index is 1.84. The number of hydrogen-bond donors (Lipinski definition) is 2. The van der Waals surface area contributed by atoms with E-state index in [1.807, 2.05) is 0 Å². The number of nitrogens with two attached hydrogens (primary N) is 1. The van der Waals surface area contributed by atoms with Crippen molar-refractivity contribution >= 4 is 29.7 Å². The van der Waals surface area contributed by atoms with Crippen molar-refractivity contribution in [2.45, 2.75) is 6.54 Å². The van der Waals surface area contributed by atoms with E-state index in [-0.39, 0.29) is 18.4 Å². The molecule has 1 aromatic carbocycles. The number of tetrazole rings is 1. The van der Waals surface area contributed by atoms with E-state index in [4.69, 9.17) is 17.3 Å². The Labute approximate surface area is 113 Å². The lowest BCUT2D eigenvalue weighted by Gasteiger charge is -1.98. The lowest BCUT2D eigenvalue weighted by molar-refractivity contribution is -0.122. The zero-order valence-corrected chi connectivity index (χ0v) is 10.4. The van der Waals surface area contributed by atoms with Gasteiger partial charge < -0.3 is 5.73 Å². The predicted molar refractivity (Wildman–Crippen MR) is 69.4 cm³/mol.